The van der Waals surface area contributed by atoms with E-state index in [1.807, 2.05) is 20.8 Å². The SMILES string of the molecule is CCCC(CCC(C)C(C)C(=O)C/C(C)=C(\C)c1ccc(O)c(O)c1OC=O)c1cccc(CN)c1. The molecule has 0 aromatic heterocycles. The van der Waals surface area contributed by atoms with Crippen LogP contribution < -0.4 is 10.5 Å². The van der Waals surface area contributed by atoms with Gasteiger partial charge < -0.3 is 20.7 Å². The van der Waals surface area contributed by atoms with Crippen LogP contribution in [-0.4, -0.2) is 22.5 Å². The third-order valence-electron chi connectivity index (χ3n) is 7.39. The Morgan fingerprint density at radius 2 is 1.81 bits per heavy atom. The van der Waals surface area contributed by atoms with Crippen LogP contribution in [-0.2, 0) is 16.1 Å². The van der Waals surface area contributed by atoms with E-state index in [9.17, 15) is 19.8 Å². The molecule has 0 fully saturated rings. The fraction of sp³-hybridized carbons (Fsp3) is 0.467. The smallest absolute Gasteiger partial charge is 0.298 e. The van der Waals surface area contributed by atoms with Gasteiger partial charge >= 0.3 is 0 Å². The lowest BCUT2D eigenvalue weighted by Crippen LogP contribution is -2.20. The first kappa shape index (κ1) is 29.1. The maximum Gasteiger partial charge on any atom is 0.298 e. The number of phenols is 2. The van der Waals surface area contributed by atoms with E-state index in [0.29, 0.717) is 18.0 Å². The summed E-state index contributed by atoms with van der Waals surface area (Å²) in [6.45, 7) is 10.7. The molecule has 2 aromatic carbocycles. The van der Waals surface area contributed by atoms with Crippen molar-refractivity contribution in [1.29, 1.82) is 0 Å². The molecule has 36 heavy (non-hydrogen) atoms. The molecule has 0 aliphatic carbocycles. The van der Waals surface area contributed by atoms with Gasteiger partial charge in [0, 0.05) is 24.4 Å². The van der Waals surface area contributed by atoms with Gasteiger partial charge in [-0.2, -0.15) is 0 Å². The third-order valence-corrected chi connectivity index (χ3v) is 7.39. The van der Waals surface area contributed by atoms with Crippen LogP contribution in [0.3, 0.4) is 0 Å². The van der Waals surface area contributed by atoms with E-state index >= 15 is 0 Å². The Labute approximate surface area is 215 Å². The number of ketones is 1. The number of phenolic OH excluding ortho intramolecular Hbond substituents is 2. The minimum atomic E-state index is -0.501. The molecule has 4 N–H and O–H groups in total. The van der Waals surface area contributed by atoms with Gasteiger partial charge in [-0.1, -0.05) is 57.0 Å². The van der Waals surface area contributed by atoms with Crippen molar-refractivity contribution < 1.29 is 24.5 Å². The number of allylic oxidation sites excluding steroid dienone is 2. The van der Waals surface area contributed by atoms with Crippen molar-refractivity contribution in [3.8, 4) is 17.2 Å². The topological polar surface area (TPSA) is 110 Å². The lowest BCUT2D eigenvalue weighted by atomic mass is 9.81. The monoisotopic (exact) mass is 495 g/mol. The van der Waals surface area contributed by atoms with Crippen LogP contribution in [0.25, 0.3) is 5.57 Å². The Hall–Kier alpha value is -3.12. The van der Waals surface area contributed by atoms with Gasteiger partial charge in [0.15, 0.2) is 11.5 Å². The second-order valence-electron chi connectivity index (χ2n) is 9.85. The van der Waals surface area contributed by atoms with Crippen molar-refractivity contribution >= 4 is 17.8 Å². The summed E-state index contributed by atoms with van der Waals surface area (Å²) in [7, 11) is 0. The number of rotatable bonds is 14. The van der Waals surface area contributed by atoms with Crippen molar-refractivity contribution in [3.63, 3.8) is 0 Å². The number of carbonyl (C=O) groups excluding carboxylic acids is 2. The van der Waals surface area contributed by atoms with Gasteiger partial charge in [0.2, 0.25) is 5.75 Å². The molecule has 0 heterocycles. The molecule has 0 bridgehead atoms. The van der Waals surface area contributed by atoms with Gasteiger partial charge in [-0.25, -0.2) is 0 Å². The number of carbonyl (C=O) groups is 2. The van der Waals surface area contributed by atoms with Crippen molar-refractivity contribution in [3.05, 3.63) is 58.7 Å². The molecule has 0 aliphatic rings. The summed E-state index contributed by atoms with van der Waals surface area (Å²) >= 11 is 0. The Morgan fingerprint density at radius 1 is 1.08 bits per heavy atom. The molecular weight excluding hydrogens is 454 g/mol. The summed E-state index contributed by atoms with van der Waals surface area (Å²) in [6, 6.07) is 11.4. The van der Waals surface area contributed by atoms with Crippen molar-refractivity contribution in [1.82, 2.24) is 0 Å². The quantitative estimate of drug-likeness (QED) is 0.204. The lowest BCUT2D eigenvalue weighted by Gasteiger charge is -2.23. The van der Waals surface area contributed by atoms with E-state index in [4.69, 9.17) is 10.5 Å². The number of benzene rings is 2. The summed E-state index contributed by atoms with van der Waals surface area (Å²) in [5.41, 5.74) is 10.3. The van der Waals surface area contributed by atoms with Gasteiger partial charge in [-0.3, -0.25) is 9.59 Å². The number of hydrogen-bond donors (Lipinski definition) is 3. The normalized spacial score (nSPS) is 14.5. The zero-order valence-corrected chi connectivity index (χ0v) is 22.2. The molecular formula is C30H41NO5. The van der Waals surface area contributed by atoms with E-state index in [-0.39, 0.29) is 42.0 Å². The van der Waals surface area contributed by atoms with Gasteiger partial charge in [0.25, 0.3) is 6.47 Å². The maximum absolute atomic E-state index is 13.2. The van der Waals surface area contributed by atoms with E-state index in [2.05, 4.69) is 38.1 Å². The van der Waals surface area contributed by atoms with Crippen LogP contribution in [0.15, 0.2) is 42.0 Å². The van der Waals surface area contributed by atoms with Crippen LogP contribution in [0.5, 0.6) is 17.2 Å². The van der Waals surface area contributed by atoms with Gasteiger partial charge in [0.1, 0.15) is 5.78 Å². The molecule has 2 aromatic rings. The highest BCUT2D eigenvalue weighted by Gasteiger charge is 2.23. The minimum absolute atomic E-state index is 0.107. The highest BCUT2D eigenvalue weighted by atomic mass is 16.5. The first-order chi connectivity index (χ1) is 17.1. The molecule has 0 aliphatic heterocycles. The largest absolute Gasteiger partial charge is 0.504 e. The number of hydrogen-bond acceptors (Lipinski definition) is 6. The van der Waals surface area contributed by atoms with E-state index < -0.39 is 5.75 Å². The Balaban J connectivity index is 2.10. The van der Waals surface area contributed by atoms with E-state index in [0.717, 1.165) is 42.4 Å². The first-order valence-corrected chi connectivity index (χ1v) is 12.8. The van der Waals surface area contributed by atoms with Crippen LogP contribution in [0, 0.1) is 11.8 Å². The molecule has 3 atom stereocenters. The van der Waals surface area contributed by atoms with Crippen molar-refractivity contribution in [2.45, 2.75) is 79.2 Å². The van der Waals surface area contributed by atoms with Crippen LogP contribution in [0.4, 0.5) is 0 Å². The Morgan fingerprint density at radius 3 is 2.44 bits per heavy atom. The fourth-order valence-electron chi connectivity index (χ4n) is 4.64. The Kier molecular flexibility index (Phi) is 11.2. The summed E-state index contributed by atoms with van der Waals surface area (Å²) in [5, 5.41) is 19.9. The van der Waals surface area contributed by atoms with Crippen LogP contribution in [0.2, 0.25) is 0 Å². The van der Waals surface area contributed by atoms with Crippen molar-refractivity contribution in [2.75, 3.05) is 0 Å². The lowest BCUT2D eigenvalue weighted by molar-refractivity contribution is -0.123. The third kappa shape index (κ3) is 7.44. The number of aromatic hydroxyl groups is 2. The average Bonchev–Trinajstić information content (AvgIpc) is 2.88. The second kappa shape index (κ2) is 13.8. The highest BCUT2D eigenvalue weighted by Crippen LogP contribution is 2.42. The minimum Gasteiger partial charge on any atom is -0.504 e. The van der Waals surface area contributed by atoms with Crippen LogP contribution >= 0.6 is 0 Å². The number of Topliss-reactive ketones (excluding diaryl/α,β-unsaturated/α-hetero) is 1. The van der Waals surface area contributed by atoms with Crippen molar-refractivity contribution in [2.24, 2.45) is 17.6 Å². The van der Waals surface area contributed by atoms with Crippen LogP contribution in [0.1, 0.15) is 89.3 Å². The molecule has 196 valence electrons. The predicted molar refractivity (Wildman–Crippen MR) is 144 cm³/mol. The fourth-order valence-corrected chi connectivity index (χ4v) is 4.64. The maximum atomic E-state index is 13.2. The summed E-state index contributed by atoms with van der Waals surface area (Å²) in [4.78, 5) is 24.1. The molecule has 0 radical (unpaired) electrons. The average molecular weight is 496 g/mol. The van der Waals surface area contributed by atoms with Gasteiger partial charge in [-0.05, 0) is 73.8 Å². The molecule has 6 nitrogen and oxygen atoms in total. The Bertz CT molecular complexity index is 1080. The standard InChI is InChI=1S/C30H41NO5/c1-6-8-24(25-10-7-9-23(16-25)17-31)12-11-19(2)22(5)28(34)15-20(3)21(4)26-13-14-27(33)29(35)30(26)36-18-32/h7,9-10,13-14,16,18-19,22,24,33,35H,6,8,11-12,15,17,31H2,1-5H3/b21-20+. The molecule has 6 heteroatoms. The predicted octanol–water partition coefficient (Wildman–Crippen LogP) is 6.48. The van der Waals surface area contributed by atoms with E-state index in [1.165, 1.54) is 11.6 Å². The molecule has 0 spiro atoms. The van der Waals surface area contributed by atoms with Gasteiger partial charge in [-0.15, -0.1) is 0 Å². The van der Waals surface area contributed by atoms with E-state index in [1.54, 1.807) is 6.07 Å². The number of nitrogens with two attached hydrogens (primary N) is 1. The summed E-state index contributed by atoms with van der Waals surface area (Å²) in [6.07, 6.45) is 4.44. The molecule has 0 saturated carbocycles. The first-order valence-electron chi connectivity index (χ1n) is 12.8. The van der Waals surface area contributed by atoms with Gasteiger partial charge in [0.05, 0.1) is 0 Å². The molecule has 0 amide bonds. The molecule has 3 unspecified atom stereocenters. The zero-order valence-electron chi connectivity index (χ0n) is 22.2. The highest BCUT2D eigenvalue weighted by molar-refractivity contribution is 5.86. The summed E-state index contributed by atoms with van der Waals surface area (Å²) in [5.74, 6) is -0.268. The molecule has 0 saturated heterocycles. The second-order valence-corrected chi connectivity index (χ2v) is 9.85. The zero-order chi connectivity index (χ0) is 26.8. The summed E-state index contributed by atoms with van der Waals surface area (Å²) < 4.78 is 4.92. The molecule has 2 rings (SSSR count). The number of ether oxygens (including phenoxy) is 1.